The van der Waals surface area contributed by atoms with E-state index in [0.717, 1.165) is 51.5 Å². The molecule has 0 unspecified atom stereocenters. The van der Waals surface area contributed by atoms with Crippen LogP contribution in [-0.4, -0.2) is 77.1 Å². The normalized spacial score (nSPS) is 15.1. The molecule has 2 heterocycles. The van der Waals surface area contributed by atoms with Crippen LogP contribution in [-0.2, 0) is 22.5 Å². The van der Waals surface area contributed by atoms with E-state index in [2.05, 4.69) is 31.6 Å². The molecule has 8 nitrogen and oxygen atoms in total. The Hall–Kier alpha value is -2.71. The summed E-state index contributed by atoms with van der Waals surface area (Å²) in [5.41, 5.74) is 0.870. The van der Waals surface area contributed by atoms with Crippen LogP contribution in [0.15, 0.2) is 36.7 Å². The molecule has 3 rings (SSSR count). The van der Waals surface area contributed by atoms with Crippen molar-refractivity contribution in [2.24, 2.45) is 0 Å². The Bertz CT molecular complexity index is 843. The van der Waals surface area contributed by atoms with Crippen LogP contribution in [0.3, 0.4) is 0 Å². The maximum absolute atomic E-state index is 12.5. The molecular formula is C22H31N5O3. The number of anilines is 1. The van der Waals surface area contributed by atoms with Crippen molar-refractivity contribution in [2.45, 2.75) is 26.8 Å². The number of imidazole rings is 1. The number of carbonyl (C=O) groups is 2. The van der Waals surface area contributed by atoms with Crippen molar-refractivity contribution in [3.8, 4) is 0 Å². The van der Waals surface area contributed by atoms with Crippen molar-refractivity contribution in [3.05, 3.63) is 48.0 Å². The van der Waals surface area contributed by atoms with Crippen molar-refractivity contribution < 1.29 is 14.3 Å². The smallest absolute Gasteiger partial charge is 0.340 e. The van der Waals surface area contributed by atoms with E-state index < -0.39 is 5.97 Å². The van der Waals surface area contributed by atoms with Crippen LogP contribution < -0.4 is 5.32 Å². The van der Waals surface area contributed by atoms with Crippen LogP contribution in [0.25, 0.3) is 0 Å². The summed E-state index contributed by atoms with van der Waals surface area (Å²) in [4.78, 5) is 33.5. The van der Waals surface area contributed by atoms with Crippen LogP contribution in [0.4, 0.5) is 5.69 Å². The predicted molar refractivity (Wildman–Crippen MR) is 116 cm³/mol. The summed E-state index contributed by atoms with van der Waals surface area (Å²) in [7, 11) is 0. The van der Waals surface area contributed by atoms with E-state index in [1.807, 2.05) is 12.4 Å². The number of nitrogens with one attached hydrogen (secondary N) is 1. The Kier molecular flexibility index (Phi) is 7.98. The molecule has 0 aliphatic carbocycles. The average molecular weight is 414 g/mol. The van der Waals surface area contributed by atoms with Crippen molar-refractivity contribution >= 4 is 17.6 Å². The highest BCUT2D eigenvalue weighted by atomic mass is 16.5. The molecule has 0 bridgehead atoms. The molecule has 1 saturated heterocycles. The van der Waals surface area contributed by atoms with Crippen molar-refractivity contribution in [1.82, 2.24) is 19.4 Å². The standard InChI is InChI=1S/C22H31N5O3/c1-3-20-23-9-10-27(20)16-15-25-11-13-26(14-12-25)17-21(28)24-19-8-6-5-7-18(19)22(29)30-4-2/h5-10H,3-4,11-17H2,1-2H3,(H,24,28). The van der Waals surface area contributed by atoms with Gasteiger partial charge < -0.3 is 14.6 Å². The zero-order valence-electron chi connectivity index (χ0n) is 17.8. The summed E-state index contributed by atoms with van der Waals surface area (Å²) in [6.07, 6.45) is 4.83. The molecule has 2 aromatic rings. The van der Waals surface area contributed by atoms with E-state index in [0.29, 0.717) is 24.4 Å². The first-order valence-corrected chi connectivity index (χ1v) is 10.6. The van der Waals surface area contributed by atoms with E-state index in [4.69, 9.17) is 4.74 Å². The number of carbonyl (C=O) groups excluding carboxylic acids is 2. The molecule has 1 N–H and O–H groups in total. The van der Waals surface area contributed by atoms with Gasteiger partial charge in [0, 0.05) is 58.1 Å². The fraction of sp³-hybridized carbons (Fsp3) is 0.500. The monoisotopic (exact) mass is 413 g/mol. The van der Waals surface area contributed by atoms with Crippen LogP contribution in [0.1, 0.15) is 30.0 Å². The first-order chi connectivity index (χ1) is 14.6. The summed E-state index contributed by atoms with van der Waals surface area (Å²) in [6, 6.07) is 6.94. The lowest BCUT2D eigenvalue weighted by atomic mass is 10.2. The van der Waals surface area contributed by atoms with E-state index in [1.54, 1.807) is 31.2 Å². The van der Waals surface area contributed by atoms with Gasteiger partial charge in [-0.25, -0.2) is 9.78 Å². The second-order valence-corrected chi connectivity index (χ2v) is 7.32. The molecular weight excluding hydrogens is 382 g/mol. The van der Waals surface area contributed by atoms with Gasteiger partial charge in [0.05, 0.1) is 24.4 Å². The van der Waals surface area contributed by atoms with Crippen molar-refractivity contribution in [1.29, 1.82) is 0 Å². The number of nitrogens with zero attached hydrogens (tertiary/aromatic N) is 4. The largest absolute Gasteiger partial charge is 0.462 e. The molecule has 1 amide bonds. The maximum atomic E-state index is 12.5. The molecule has 30 heavy (non-hydrogen) atoms. The number of aryl methyl sites for hydroxylation is 1. The number of ether oxygens (including phenoxy) is 1. The Morgan fingerprint density at radius 3 is 2.53 bits per heavy atom. The average Bonchev–Trinajstić information content (AvgIpc) is 3.21. The summed E-state index contributed by atoms with van der Waals surface area (Å²) in [5.74, 6) is 0.575. The minimum Gasteiger partial charge on any atom is -0.462 e. The third kappa shape index (κ3) is 5.90. The zero-order valence-corrected chi connectivity index (χ0v) is 17.8. The Morgan fingerprint density at radius 2 is 1.80 bits per heavy atom. The van der Waals surface area contributed by atoms with Crippen molar-refractivity contribution in [3.63, 3.8) is 0 Å². The highest BCUT2D eigenvalue weighted by molar-refractivity contribution is 6.01. The lowest BCUT2D eigenvalue weighted by molar-refractivity contribution is -0.117. The molecule has 1 aliphatic heterocycles. The van der Waals surface area contributed by atoms with E-state index >= 15 is 0 Å². The molecule has 1 aliphatic rings. The second kappa shape index (κ2) is 10.9. The third-order valence-corrected chi connectivity index (χ3v) is 5.30. The van der Waals surface area contributed by atoms with Gasteiger partial charge in [-0.3, -0.25) is 14.6 Å². The van der Waals surface area contributed by atoms with Gasteiger partial charge in [-0.2, -0.15) is 0 Å². The first-order valence-electron chi connectivity index (χ1n) is 10.6. The zero-order chi connectivity index (χ0) is 21.3. The van der Waals surface area contributed by atoms with Gasteiger partial charge >= 0.3 is 5.97 Å². The minimum atomic E-state index is -0.425. The molecule has 1 fully saturated rings. The number of benzene rings is 1. The van der Waals surface area contributed by atoms with E-state index in [-0.39, 0.29) is 5.91 Å². The first kappa shape index (κ1) is 22.0. The Labute approximate surface area is 177 Å². The van der Waals surface area contributed by atoms with Crippen LogP contribution >= 0.6 is 0 Å². The molecule has 1 aromatic carbocycles. The van der Waals surface area contributed by atoms with Crippen molar-refractivity contribution in [2.75, 3.05) is 51.2 Å². The number of amides is 1. The summed E-state index contributed by atoms with van der Waals surface area (Å²) < 4.78 is 7.27. The van der Waals surface area contributed by atoms with Crippen LogP contribution in [0, 0.1) is 0 Å². The number of esters is 1. The minimum absolute atomic E-state index is 0.119. The van der Waals surface area contributed by atoms with Crippen LogP contribution in [0.5, 0.6) is 0 Å². The molecule has 0 atom stereocenters. The molecule has 1 aromatic heterocycles. The maximum Gasteiger partial charge on any atom is 0.340 e. The van der Waals surface area contributed by atoms with E-state index in [9.17, 15) is 9.59 Å². The number of hydrogen-bond acceptors (Lipinski definition) is 6. The van der Waals surface area contributed by atoms with Gasteiger partial charge in [-0.1, -0.05) is 19.1 Å². The Balaban J connectivity index is 1.44. The quantitative estimate of drug-likeness (QED) is 0.633. The highest BCUT2D eigenvalue weighted by Gasteiger charge is 2.20. The fourth-order valence-electron chi connectivity index (χ4n) is 3.65. The summed E-state index contributed by atoms with van der Waals surface area (Å²) in [5, 5.41) is 2.86. The van der Waals surface area contributed by atoms with Gasteiger partial charge in [0.1, 0.15) is 5.82 Å². The number of hydrogen-bond donors (Lipinski definition) is 1. The highest BCUT2D eigenvalue weighted by Crippen LogP contribution is 2.16. The topological polar surface area (TPSA) is 79.7 Å². The lowest BCUT2D eigenvalue weighted by Gasteiger charge is -2.34. The number of rotatable bonds is 9. The third-order valence-electron chi connectivity index (χ3n) is 5.30. The van der Waals surface area contributed by atoms with Gasteiger partial charge in [-0.05, 0) is 19.1 Å². The SMILES string of the molecule is CCOC(=O)c1ccccc1NC(=O)CN1CCN(CCn2ccnc2CC)CC1. The fourth-order valence-corrected chi connectivity index (χ4v) is 3.65. The molecule has 0 spiro atoms. The van der Waals surface area contributed by atoms with Gasteiger partial charge in [0.15, 0.2) is 0 Å². The van der Waals surface area contributed by atoms with Gasteiger partial charge in [0.2, 0.25) is 5.91 Å². The molecule has 8 heteroatoms. The molecule has 0 saturated carbocycles. The van der Waals surface area contributed by atoms with E-state index in [1.165, 1.54) is 0 Å². The lowest BCUT2D eigenvalue weighted by Crippen LogP contribution is -2.49. The predicted octanol–water partition coefficient (Wildman–Crippen LogP) is 1.88. The summed E-state index contributed by atoms with van der Waals surface area (Å²) in [6.45, 7) is 9.97. The second-order valence-electron chi connectivity index (χ2n) is 7.32. The molecule has 162 valence electrons. The number of piperazine rings is 1. The van der Waals surface area contributed by atoms with Gasteiger partial charge in [0.25, 0.3) is 0 Å². The summed E-state index contributed by atoms with van der Waals surface area (Å²) >= 11 is 0. The molecule has 0 radical (unpaired) electrons. The van der Waals surface area contributed by atoms with Crippen LogP contribution in [0.2, 0.25) is 0 Å². The number of aromatic nitrogens is 2. The Morgan fingerprint density at radius 1 is 1.07 bits per heavy atom. The van der Waals surface area contributed by atoms with Gasteiger partial charge in [-0.15, -0.1) is 0 Å². The number of para-hydroxylation sites is 1.